The second kappa shape index (κ2) is 7.12. The molecule has 1 atom stereocenters. The van der Waals surface area contributed by atoms with Crippen LogP contribution in [0.5, 0.6) is 0 Å². The monoisotopic (exact) mass is 379 g/mol. The van der Waals surface area contributed by atoms with Gasteiger partial charge in [0, 0.05) is 24.2 Å². The lowest BCUT2D eigenvalue weighted by atomic mass is 10.1. The van der Waals surface area contributed by atoms with Crippen molar-refractivity contribution in [3.05, 3.63) is 59.1 Å². The van der Waals surface area contributed by atoms with Gasteiger partial charge in [0.1, 0.15) is 5.01 Å². The summed E-state index contributed by atoms with van der Waals surface area (Å²) in [6, 6.07) is 14.9. The molecule has 4 rings (SSSR count). The fourth-order valence-electron chi connectivity index (χ4n) is 2.90. The summed E-state index contributed by atoms with van der Waals surface area (Å²) >= 11 is 1.61. The summed E-state index contributed by atoms with van der Waals surface area (Å²) < 4.78 is 1.12. The number of anilines is 1. The van der Waals surface area contributed by atoms with E-state index in [1.165, 1.54) is 0 Å². The van der Waals surface area contributed by atoms with Gasteiger partial charge in [-0.15, -0.1) is 11.3 Å². The molecule has 0 spiro atoms. The molecule has 2 aromatic carbocycles. The second-order valence-electron chi connectivity index (χ2n) is 6.95. The van der Waals surface area contributed by atoms with E-state index in [-0.39, 0.29) is 23.8 Å². The number of para-hydroxylation sites is 1. The van der Waals surface area contributed by atoms with Crippen molar-refractivity contribution in [1.29, 1.82) is 0 Å². The molecule has 1 fully saturated rings. The summed E-state index contributed by atoms with van der Waals surface area (Å²) in [5.74, 6) is 0.157. The highest BCUT2D eigenvalue weighted by molar-refractivity contribution is 7.18. The molecule has 0 unspecified atom stereocenters. The third kappa shape index (κ3) is 3.71. The van der Waals surface area contributed by atoms with Crippen LogP contribution >= 0.6 is 11.3 Å². The maximum absolute atomic E-state index is 12.8. The van der Waals surface area contributed by atoms with E-state index >= 15 is 0 Å². The van der Waals surface area contributed by atoms with Crippen LogP contribution in [0.15, 0.2) is 48.5 Å². The second-order valence-corrected chi connectivity index (χ2v) is 8.01. The van der Waals surface area contributed by atoms with Crippen LogP contribution in [-0.2, 0) is 4.79 Å². The van der Waals surface area contributed by atoms with Crippen LogP contribution in [0.25, 0.3) is 10.2 Å². The summed E-state index contributed by atoms with van der Waals surface area (Å²) in [7, 11) is 1.79. The zero-order valence-corrected chi connectivity index (χ0v) is 16.1. The van der Waals surface area contributed by atoms with E-state index in [4.69, 9.17) is 0 Å². The normalized spacial score (nSPS) is 14.7. The molecule has 1 saturated carbocycles. The van der Waals surface area contributed by atoms with E-state index < -0.39 is 0 Å². The minimum atomic E-state index is -0.121. The van der Waals surface area contributed by atoms with Gasteiger partial charge in [0.15, 0.2) is 0 Å². The molecule has 0 radical (unpaired) electrons. The van der Waals surface area contributed by atoms with E-state index in [9.17, 15) is 9.59 Å². The summed E-state index contributed by atoms with van der Waals surface area (Å²) in [6.07, 6.45) is 1.94. The predicted octanol–water partition coefficient (Wildman–Crippen LogP) is 4.48. The van der Waals surface area contributed by atoms with Gasteiger partial charge in [-0.25, -0.2) is 4.98 Å². The van der Waals surface area contributed by atoms with Crippen LogP contribution in [-0.4, -0.2) is 28.7 Å². The summed E-state index contributed by atoms with van der Waals surface area (Å²) in [5, 5.41) is 3.81. The van der Waals surface area contributed by atoms with Crippen molar-refractivity contribution in [2.75, 3.05) is 12.4 Å². The Morgan fingerprint density at radius 3 is 2.52 bits per heavy atom. The van der Waals surface area contributed by atoms with E-state index in [1.54, 1.807) is 47.5 Å². The van der Waals surface area contributed by atoms with E-state index in [0.29, 0.717) is 5.56 Å². The number of nitrogens with one attached hydrogen (secondary N) is 1. The molecule has 0 saturated heterocycles. The Kier molecular flexibility index (Phi) is 4.66. The zero-order valence-electron chi connectivity index (χ0n) is 15.3. The highest BCUT2D eigenvalue weighted by Crippen LogP contribution is 2.31. The molecule has 1 heterocycles. The van der Waals surface area contributed by atoms with Gasteiger partial charge in [-0.3, -0.25) is 9.59 Å². The van der Waals surface area contributed by atoms with Gasteiger partial charge in [0.2, 0.25) is 5.91 Å². The maximum Gasteiger partial charge on any atom is 0.254 e. The van der Waals surface area contributed by atoms with Crippen LogP contribution in [0.4, 0.5) is 5.69 Å². The third-order valence-corrected chi connectivity index (χ3v) is 6.12. The van der Waals surface area contributed by atoms with E-state index in [0.717, 1.165) is 33.8 Å². The Morgan fingerprint density at radius 2 is 1.85 bits per heavy atom. The van der Waals surface area contributed by atoms with Crippen LogP contribution in [0.1, 0.15) is 41.2 Å². The minimum Gasteiger partial charge on any atom is -0.333 e. The van der Waals surface area contributed by atoms with Crippen molar-refractivity contribution < 1.29 is 9.59 Å². The molecule has 1 aromatic heterocycles. The predicted molar refractivity (Wildman–Crippen MR) is 108 cm³/mol. The first-order chi connectivity index (χ1) is 13.0. The summed E-state index contributed by atoms with van der Waals surface area (Å²) in [4.78, 5) is 31.0. The topological polar surface area (TPSA) is 62.3 Å². The lowest BCUT2D eigenvalue weighted by Crippen LogP contribution is -2.29. The Labute approximate surface area is 162 Å². The zero-order chi connectivity index (χ0) is 19.0. The van der Waals surface area contributed by atoms with Crippen LogP contribution in [0.2, 0.25) is 0 Å². The smallest absolute Gasteiger partial charge is 0.254 e. The van der Waals surface area contributed by atoms with Gasteiger partial charge in [0.05, 0.1) is 16.3 Å². The molecule has 27 heavy (non-hydrogen) atoms. The van der Waals surface area contributed by atoms with E-state index in [2.05, 4.69) is 10.3 Å². The molecule has 2 amide bonds. The number of hydrogen-bond donors (Lipinski definition) is 1. The van der Waals surface area contributed by atoms with Gasteiger partial charge < -0.3 is 10.2 Å². The number of amides is 2. The van der Waals surface area contributed by atoms with Gasteiger partial charge in [-0.2, -0.15) is 0 Å². The van der Waals surface area contributed by atoms with Crippen LogP contribution in [0, 0.1) is 5.92 Å². The van der Waals surface area contributed by atoms with Gasteiger partial charge in [-0.05, 0) is 56.2 Å². The third-order valence-electron chi connectivity index (χ3n) is 4.92. The van der Waals surface area contributed by atoms with Crippen molar-refractivity contribution in [1.82, 2.24) is 9.88 Å². The molecule has 5 nitrogen and oxygen atoms in total. The quantitative estimate of drug-likeness (QED) is 0.711. The van der Waals surface area contributed by atoms with Crippen LogP contribution < -0.4 is 5.32 Å². The van der Waals surface area contributed by atoms with Crippen LogP contribution in [0.3, 0.4) is 0 Å². The molecule has 1 aliphatic carbocycles. The average Bonchev–Trinajstić information content (AvgIpc) is 3.45. The first-order valence-corrected chi connectivity index (χ1v) is 9.88. The minimum absolute atomic E-state index is 0.0654. The molecule has 0 bridgehead atoms. The molecular weight excluding hydrogens is 358 g/mol. The number of nitrogens with zero attached hydrogens (tertiary/aromatic N) is 2. The molecule has 0 aliphatic heterocycles. The van der Waals surface area contributed by atoms with Crippen molar-refractivity contribution in [2.45, 2.75) is 25.8 Å². The highest BCUT2D eigenvalue weighted by Gasteiger charge is 2.29. The average molecular weight is 379 g/mol. The lowest BCUT2D eigenvalue weighted by Gasteiger charge is -2.23. The first kappa shape index (κ1) is 17.7. The number of rotatable bonds is 5. The number of carbonyl (C=O) groups is 2. The summed E-state index contributed by atoms with van der Waals surface area (Å²) in [5.41, 5.74) is 2.28. The fraction of sp³-hybridized carbons (Fsp3) is 0.286. The summed E-state index contributed by atoms with van der Waals surface area (Å²) in [6.45, 7) is 1.99. The van der Waals surface area contributed by atoms with E-state index in [1.807, 2.05) is 31.2 Å². The van der Waals surface area contributed by atoms with Crippen molar-refractivity contribution in [3.8, 4) is 0 Å². The number of benzene rings is 2. The van der Waals surface area contributed by atoms with Gasteiger partial charge >= 0.3 is 0 Å². The SMILES string of the molecule is C[C@H](c1nc2ccccc2s1)N(C)C(=O)c1ccc(NC(=O)C2CC2)cc1. The standard InChI is InChI=1S/C21H21N3O2S/c1-13(20-23-17-5-3-4-6-18(17)27-20)24(2)21(26)15-9-11-16(12-10-15)22-19(25)14-7-8-14/h3-6,9-14H,7-8H2,1-2H3,(H,22,25)/t13-/m1/s1. The molecular formula is C21H21N3O2S. The molecule has 1 N–H and O–H groups in total. The fourth-order valence-corrected chi connectivity index (χ4v) is 3.96. The van der Waals surface area contributed by atoms with Gasteiger partial charge in [0.25, 0.3) is 5.91 Å². The van der Waals surface area contributed by atoms with Crippen molar-refractivity contribution in [2.24, 2.45) is 5.92 Å². The number of aromatic nitrogens is 1. The highest BCUT2D eigenvalue weighted by atomic mass is 32.1. The number of hydrogen-bond acceptors (Lipinski definition) is 4. The molecule has 3 aromatic rings. The largest absolute Gasteiger partial charge is 0.333 e. The van der Waals surface area contributed by atoms with Crippen molar-refractivity contribution >= 4 is 39.1 Å². The number of carbonyl (C=O) groups excluding carboxylic acids is 2. The Morgan fingerprint density at radius 1 is 1.15 bits per heavy atom. The van der Waals surface area contributed by atoms with Gasteiger partial charge in [-0.1, -0.05) is 12.1 Å². The molecule has 138 valence electrons. The number of thiazole rings is 1. The Bertz CT molecular complexity index is 959. The lowest BCUT2D eigenvalue weighted by molar-refractivity contribution is -0.117. The maximum atomic E-state index is 12.8. The number of fused-ring (bicyclic) bond motifs is 1. The molecule has 1 aliphatic rings. The Hall–Kier alpha value is -2.73. The first-order valence-electron chi connectivity index (χ1n) is 9.06. The molecule has 6 heteroatoms. The van der Waals surface area contributed by atoms with Crippen molar-refractivity contribution in [3.63, 3.8) is 0 Å². The Balaban J connectivity index is 1.46.